The molecule has 0 bridgehead atoms. The van der Waals surface area contributed by atoms with Crippen molar-refractivity contribution in [1.82, 2.24) is 0 Å². The van der Waals surface area contributed by atoms with Crippen LogP contribution in [-0.2, 0) is 0 Å². The highest BCUT2D eigenvalue weighted by molar-refractivity contribution is 5.48. The summed E-state index contributed by atoms with van der Waals surface area (Å²) in [4.78, 5) is 2.57. The van der Waals surface area contributed by atoms with Crippen LogP contribution in [0.15, 0.2) is 24.3 Å². The van der Waals surface area contributed by atoms with Crippen LogP contribution in [0.25, 0.3) is 0 Å². The summed E-state index contributed by atoms with van der Waals surface area (Å²) < 4.78 is 0. The van der Waals surface area contributed by atoms with Gasteiger partial charge in [-0.15, -0.1) is 0 Å². The predicted octanol–water partition coefficient (Wildman–Crippen LogP) is 4.79. The minimum Gasteiger partial charge on any atom is -0.371 e. The van der Waals surface area contributed by atoms with Crippen LogP contribution in [0.3, 0.4) is 0 Å². The maximum Gasteiger partial charge on any atom is 0.0366 e. The van der Waals surface area contributed by atoms with Gasteiger partial charge in [-0.05, 0) is 43.7 Å². The molecule has 1 nitrogen and oxygen atoms in total. The Bertz CT molecular complexity index is 406. The molecule has 1 aromatic rings. The fraction of sp³-hybridized carbons (Fsp3) is 0.667. The van der Waals surface area contributed by atoms with E-state index in [1.54, 1.807) is 0 Å². The largest absolute Gasteiger partial charge is 0.371 e. The zero-order valence-electron chi connectivity index (χ0n) is 12.4. The zero-order chi connectivity index (χ0) is 13.2. The van der Waals surface area contributed by atoms with Crippen LogP contribution in [0, 0.1) is 18.8 Å². The monoisotopic (exact) mass is 257 g/mol. The first kappa shape index (κ1) is 13.0. The molecule has 1 heteroatoms. The van der Waals surface area contributed by atoms with Gasteiger partial charge < -0.3 is 4.90 Å². The smallest absolute Gasteiger partial charge is 0.0366 e. The Hall–Kier alpha value is -0.980. The number of aryl methyl sites for hydroxylation is 1. The number of rotatable bonds is 2. The van der Waals surface area contributed by atoms with E-state index in [1.165, 1.54) is 56.2 Å². The van der Waals surface area contributed by atoms with Crippen molar-refractivity contribution in [2.24, 2.45) is 11.8 Å². The highest BCUT2D eigenvalue weighted by Crippen LogP contribution is 2.43. The quantitative estimate of drug-likeness (QED) is 0.736. The Balaban J connectivity index is 1.77. The van der Waals surface area contributed by atoms with E-state index in [9.17, 15) is 0 Å². The third-order valence-electron chi connectivity index (χ3n) is 5.48. The fourth-order valence-corrected chi connectivity index (χ4v) is 4.36. The summed E-state index contributed by atoms with van der Waals surface area (Å²) >= 11 is 0. The molecule has 2 aliphatic carbocycles. The first-order chi connectivity index (χ1) is 9.25. The van der Waals surface area contributed by atoms with Crippen LogP contribution in [0.1, 0.15) is 50.5 Å². The van der Waals surface area contributed by atoms with Crippen LogP contribution in [-0.4, -0.2) is 13.1 Å². The second kappa shape index (κ2) is 5.56. The average Bonchev–Trinajstić information content (AvgIpc) is 2.47. The fourth-order valence-electron chi connectivity index (χ4n) is 4.36. The highest BCUT2D eigenvalue weighted by Gasteiger charge is 2.36. The summed E-state index contributed by atoms with van der Waals surface area (Å²) in [6.07, 6.45) is 10.2. The Morgan fingerprint density at radius 3 is 2.37 bits per heavy atom. The summed E-state index contributed by atoms with van der Waals surface area (Å²) in [6.45, 7) is 2.17. The lowest BCUT2D eigenvalue weighted by molar-refractivity contribution is 0.143. The van der Waals surface area contributed by atoms with Crippen molar-refractivity contribution < 1.29 is 0 Å². The lowest BCUT2D eigenvalue weighted by Gasteiger charge is -2.46. The number of anilines is 1. The lowest BCUT2D eigenvalue weighted by atomic mass is 9.68. The van der Waals surface area contributed by atoms with Crippen LogP contribution in [0.2, 0.25) is 0 Å². The van der Waals surface area contributed by atoms with Gasteiger partial charge in [0.15, 0.2) is 0 Å². The van der Waals surface area contributed by atoms with Crippen molar-refractivity contribution in [3.63, 3.8) is 0 Å². The Morgan fingerprint density at radius 1 is 0.895 bits per heavy atom. The van der Waals surface area contributed by atoms with Gasteiger partial charge in [0.25, 0.3) is 0 Å². The van der Waals surface area contributed by atoms with E-state index in [4.69, 9.17) is 0 Å². The van der Waals surface area contributed by atoms with E-state index in [1.807, 2.05) is 0 Å². The molecule has 0 heterocycles. The van der Waals surface area contributed by atoms with E-state index in [2.05, 4.69) is 43.1 Å². The topological polar surface area (TPSA) is 3.24 Å². The minimum absolute atomic E-state index is 0.779. The van der Waals surface area contributed by atoms with Crippen molar-refractivity contribution in [3.8, 4) is 0 Å². The molecule has 19 heavy (non-hydrogen) atoms. The SMILES string of the molecule is Cc1ccc(N(C)C2CCCC3CCCCC32)cc1. The van der Waals surface area contributed by atoms with Crippen molar-refractivity contribution in [3.05, 3.63) is 29.8 Å². The molecule has 0 radical (unpaired) electrons. The molecule has 0 aromatic heterocycles. The van der Waals surface area contributed by atoms with Gasteiger partial charge in [0, 0.05) is 18.8 Å². The molecule has 3 rings (SSSR count). The van der Waals surface area contributed by atoms with Gasteiger partial charge in [-0.1, -0.05) is 49.8 Å². The Kier molecular flexibility index (Phi) is 3.81. The van der Waals surface area contributed by atoms with Crippen molar-refractivity contribution >= 4 is 5.69 Å². The molecule has 3 unspecified atom stereocenters. The second-order valence-electron chi connectivity index (χ2n) is 6.65. The molecule has 0 N–H and O–H groups in total. The normalized spacial score (nSPS) is 30.7. The van der Waals surface area contributed by atoms with Gasteiger partial charge in [-0.3, -0.25) is 0 Å². The van der Waals surface area contributed by atoms with E-state index in [0.717, 1.165) is 17.9 Å². The molecule has 2 aliphatic rings. The summed E-state index contributed by atoms with van der Waals surface area (Å²) in [7, 11) is 2.31. The molecule has 0 saturated heterocycles. The van der Waals surface area contributed by atoms with E-state index in [0.29, 0.717) is 0 Å². The van der Waals surface area contributed by atoms with Crippen LogP contribution in [0.5, 0.6) is 0 Å². The number of fused-ring (bicyclic) bond motifs is 1. The van der Waals surface area contributed by atoms with Gasteiger partial charge in [0.05, 0.1) is 0 Å². The molecule has 104 valence electrons. The van der Waals surface area contributed by atoms with Crippen molar-refractivity contribution in [1.29, 1.82) is 0 Å². The molecular weight excluding hydrogens is 230 g/mol. The molecule has 0 amide bonds. The second-order valence-corrected chi connectivity index (χ2v) is 6.65. The number of hydrogen-bond donors (Lipinski definition) is 0. The first-order valence-electron chi connectivity index (χ1n) is 8.05. The molecule has 1 aromatic carbocycles. The number of hydrogen-bond acceptors (Lipinski definition) is 1. The molecular formula is C18H27N. The summed E-state index contributed by atoms with van der Waals surface area (Å²) in [5.74, 6) is 1.97. The lowest BCUT2D eigenvalue weighted by Crippen LogP contribution is -2.45. The Labute approximate surface area is 118 Å². The predicted molar refractivity (Wildman–Crippen MR) is 82.7 cm³/mol. The van der Waals surface area contributed by atoms with Crippen LogP contribution < -0.4 is 4.90 Å². The highest BCUT2D eigenvalue weighted by atomic mass is 15.1. The third kappa shape index (κ3) is 2.66. The van der Waals surface area contributed by atoms with Gasteiger partial charge in [0.2, 0.25) is 0 Å². The summed E-state index contributed by atoms with van der Waals surface area (Å²) in [6, 6.07) is 9.85. The summed E-state index contributed by atoms with van der Waals surface area (Å²) in [5.41, 5.74) is 2.76. The van der Waals surface area contributed by atoms with Gasteiger partial charge >= 0.3 is 0 Å². The van der Waals surface area contributed by atoms with Crippen molar-refractivity contribution in [2.45, 2.75) is 57.9 Å². The summed E-state index contributed by atoms with van der Waals surface area (Å²) in [5, 5.41) is 0. The van der Waals surface area contributed by atoms with E-state index >= 15 is 0 Å². The van der Waals surface area contributed by atoms with E-state index < -0.39 is 0 Å². The third-order valence-corrected chi connectivity index (χ3v) is 5.48. The zero-order valence-corrected chi connectivity index (χ0v) is 12.4. The van der Waals surface area contributed by atoms with Gasteiger partial charge in [-0.25, -0.2) is 0 Å². The maximum absolute atomic E-state index is 2.57. The average molecular weight is 257 g/mol. The number of benzene rings is 1. The minimum atomic E-state index is 0.779. The van der Waals surface area contributed by atoms with Crippen LogP contribution >= 0.6 is 0 Å². The van der Waals surface area contributed by atoms with E-state index in [-0.39, 0.29) is 0 Å². The van der Waals surface area contributed by atoms with Gasteiger partial charge in [0.1, 0.15) is 0 Å². The Morgan fingerprint density at radius 2 is 1.58 bits per heavy atom. The van der Waals surface area contributed by atoms with Crippen LogP contribution in [0.4, 0.5) is 5.69 Å². The number of nitrogens with zero attached hydrogens (tertiary/aromatic N) is 1. The molecule has 2 fully saturated rings. The molecule has 3 atom stereocenters. The first-order valence-corrected chi connectivity index (χ1v) is 8.05. The molecule has 0 aliphatic heterocycles. The molecule has 2 saturated carbocycles. The molecule has 0 spiro atoms. The maximum atomic E-state index is 2.57. The standard InChI is InChI=1S/C18H27N/c1-14-10-12-16(13-11-14)19(2)18-9-5-7-15-6-3-4-8-17(15)18/h10-13,15,17-18H,3-9H2,1-2H3. The van der Waals surface area contributed by atoms with Crippen molar-refractivity contribution in [2.75, 3.05) is 11.9 Å². The van der Waals surface area contributed by atoms with Gasteiger partial charge in [-0.2, -0.15) is 0 Å².